The number of sulfonamides is 1. The minimum Gasteiger partial charge on any atom is -0.344 e. The van der Waals surface area contributed by atoms with E-state index in [1.165, 1.54) is 32.0 Å². The Morgan fingerprint density at radius 3 is 2.49 bits per heavy atom. The van der Waals surface area contributed by atoms with E-state index in [9.17, 15) is 13.2 Å². The van der Waals surface area contributed by atoms with E-state index in [4.69, 9.17) is 0 Å². The van der Waals surface area contributed by atoms with E-state index in [-0.39, 0.29) is 16.8 Å². The molecule has 2 aliphatic heterocycles. The Labute approximate surface area is 235 Å². The van der Waals surface area contributed by atoms with E-state index in [1.54, 1.807) is 23.5 Å². The first kappa shape index (κ1) is 27.9. The predicted molar refractivity (Wildman–Crippen MR) is 152 cm³/mol. The van der Waals surface area contributed by atoms with Crippen LogP contribution in [-0.4, -0.2) is 59.7 Å². The monoisotopic (exact) mass is 570 g/mol. The van der Waals surface area contributed by atoms with Crippen LogP contribution in [0.15, 0.2) is 46.7 Å². The van der Waals surface area contributed by atoms with Gasteiger partial charge >= 0.3 is 0 Å². The highest BCUT2D eigenvalue weighted by molar-refractivity contribution is 7.89. The zero-order chi connectivity index (χ0) is 27.7. The maximum atomic E-state index is 13.3. The lowest BCUT2D eigenvalue weighted by Gasteiger charge is -2.40. The summed E-state index contributed by atoms with van der Waals surface area (Å²) in [4.78, 5) is 17.1. The minimum atomic E-state index is -3.63. The van der Waals surface area contributed by atoms with Gasteiger partial charge in [0.25, 0.3) is 5.91 Å². The summed E-state index contributed by atoms with van der Waals surface area (Å²) in [6.45, 7) is 7.32. The second kappa shape index (κ2) is 11.5. The SMILES string of the molecule is CNS(=O)(=O)c1cccc(C(=O)N[C@@H](CCN2[C@@H]3CC[C@H]2CC(n2c(C)nnc2C(C)C)C3)c2cccs2)c1. The van der Waals surface area contributed by atoms with Crippen LogP contribution in [0.4, 0.5) is 0 Å². The molecule has 2 saturated heterocycles. The molecule has 39 heavy (non-hydrogen) atoms. The zero-order valence-electron chi connectivity index (χ0n) is 23.0. The van der Waals surface area contributed by atoms with Crippen LogP contribution in [0, 0.1) is 6.92 Å². The second-order valence-electron chi connectivity index (χ2n) is 10.9. The van der Waals surface area contributed by atoms with Crippen molar-refractivity contribution >= 4 is 27.3 Å². The highest BCUT2D eigenvalue weighted by Gasteiger charge is 2.42. The van der Waals surface area contributed by atoms with Crippen LogP contribution in [0.1, 0.15) is 90.8 Å². The van der Waals surface area contributed by atoms with Gasteiger partial charge < -0.3 is 9.88 Å². The van der Waals surface area contributed by atoms with Gasteiger partial charge in [-0.2, -0.15) is 0 Å². The van der Waals surface area contributed by atoms with E-state index in [0.717, 1.165) is 42.3 Å². The molecule has 0 saturated carbocycles. The molecule has 11 heteroatoms. The number of benzene rings is 1. The zero-order valence-corrected chi connectivity index (χ0v) is 24.6. The van der Waals surface area contributed by atoms with Crippen molar-refractivity contribution in [3.05, 3.63) is 63.9 Å². The van der Waals surface area contributed by atoms with E-state index < -0.39 is 10.0 Å². The number of nitrogens with one attached hydrogen (secondary N) is 2. The van der Waals surface area contributed by atoms with Gasteiger partial charge in [-0.3, -0.25) is 9.69 Å². The summed E-state index contributed by atoms with van der Waals surface area (Å²) in [5, 5.41) is 14.1. The molecule has 5 rings (SSSR count). The summed E-state index contributed by atoms with van der Waals surface area (Å²) in [6, 6.07) is 11.5. The van der Waals surface area contributed by atoms with Gasteiger partial charge in [-0.15, -0.1) is 21.5 Å². The van der Waals surface area contributed by atoms with Crippen molar-refractivity contribution in [1.29, 1.82) is 0 Å². The quantitative estimate of drug-likeness (QED) is 0.374. The molecule has 1 unspecified atom stereocenters. The van der Waals surface area contributed by atoms with Gasteiger partial charge in [0.05, 0.1) is 10.9 Å². The molecule has 0 spiro atoms. The van der Waals surface area contributed by atoms with Crippen LogP contribution in [0.3, 0.4) is 0 Å². The molecule has 3 aromatic rings. The first-order valence-corrected chi connectivity index (χ1v) is 16.1. The number of piperidine rings is 1. The molecule has 2 aromatic heterocycles. The number of hydrogen-bond donors (Lipinski definition) is 2. The smallest absolute Gasteiger partial charge is 0.251 e. The summed E-state index contributed by atoms with van der Waals surface area (Å²) in [6.07, 6.45) is 5.38. The molecule has 210 valence electrons. The van der Waals surface area contributed by atoms with Gasteiger partial charge in [-0.25, -0.2) is 13.1 Å². The van der Waals surface area contributed by atoms with Gasteiger partial charge in [0, 0.05) is 41.0 Å². The molecule has 0 aliphatic carbocycles. The number of thiophene rings is 1. The first-order valence-electron chi connectivity index (χ1n) is 13.7. The van der Waals surface area contributed by atoms with Gasteiger partial charge in [0.1, 0.15) is 11.6 Å². The fourth-order valence-corrected chi connectivity index (χ4v) is 7.86. The molecule has 0 radical (unpaired) electrons. The Hall–Kier alpha value is -2.60. The number of hydrogen-bond acceptors (Lipinski definition) is 7. The first-order chi connectivity index (χ1) is 18.7. The molecule has 2 aliphatic rings. The molecule has 4 heterocycles. The Morgan fingerprint density at radius 2 is 1.85 bits per heavy atom. The maximum absolute atomic E-state index is 13.3. The van der Waals surface area contributed by atoms with Gasteiger partial charge in [0.15, 0.2) is 0 Å². The molecular weight excluding hydrogens is 532 g/mol. The normalized spacial score (nSPS) is 22.3. The summed E-state index contributed by atoms with van der Waals surface area (Å²) in [7, 11) is -2.27. The lowest BCUT2D eigenvalue weighted by Crippen LogP contribution is -2.45. The van der Waals surface area contributed by atoms with Crippen LogP contribution in [0.25, 0.3) is 0 Å². The fourth-order valence-electron chi connectivity index (χ4n) is 6.27. The summed E-state index contributed by atoms with van der Waals surface area (Å²) in [5.74, 6) is 2.16. The van der Waals surface area contributed by atoms with Gasteiger partial charge in [-0.05, 0) is 75.7 Å². The highest BCUT2D eigenvalue weighted by atomic mass is 32.2. The number of aryl methyl sites for hydroxylation is 1. The molecule has 9 nitrogen and oxygen atoms in total. The molecular formula is C28H38N6O3S2. The Kier molecular flexibility index (Phi) is 8.23. The average Bonchev–Trinajstić information content (AvgIpc) is 3.65. The summed E-state index contributed by atoms with van der Waals surface area (Å²) in [5.41, 5.74) is 0.332. The van der Waals surface area contributed by atoms with Gasteiger partial charge in [-0.1, -0.05) is 26.0 Å². The van der Waals surface area contributed by atoms with Crippen LogP contribution >= 0.6 is 11.3 Å². The number of carbonyl (C=O) groups excluding carboxylic acids is 1. The number of fused-ring (bicyclic) bond motifs is 2. The number of aromatic nitrogens is 3. The van der Waals surface area contributed by atoms with Crippen LogP contribution < -0.4 is 10.0 Å². The van der Waals surface area contributed by atoms with Crippen LogP contribution in [-0.2, 0) is 10.0 Å². The molecule has 4 atom stereocenters. The number of carbonyl (C=O) groups is 1. The van der Waals surface area contributed by atoms with E-state index in [1.807, 2.05) is 11.4 Å². The van der Waals surface area contributed by atoms with E-state index in [2.05, 4.69) is 56.5 Å². The van der Waals surface area contributed by atoms with E-state index in [0.29, 0.717) is 29.6 Å². The highest BCUT2D eigenvalue weighted by Crippen LogP contribution is 2.42. The Bertz CT molecular complexity index is 1390. The molecule has 2 bridgehead atoms. The van der Waals surface area contributed by atoms with Crippen molar-refractivity contribution in [2.75, 3.05) is 13.6 Å². The molecule has 1 amide bonds. The van der Waals surface area contributed by atoms with Crippen molar-refractivity contribution in [2.24, 2.45) is 0 Å². The van der Waals surface area contributed by atoms with Gasteiger partial charge in [0.2, 0.25) is 10.0 Å². The molecule has 2 N–H and O–H groups in total. The third kappa shape index (κ3) is 5.82. The largest absolute Gasteiger partial charge is 0.344 e. The Morgan fingerprint density at radius 1 is 1.10 bits per heavy atom. The molecule has 2 fully saturated rings. The number of nitrogens with zero attached hydrogens (tertiary/aromatic N) is 4. The Balaban J connectivity index is 1.28. The number of rotatable bonds is 10. The summed E-state index contributed by atoms with van der Waals surface area (Å²) < 4.78 is 29.2. The van der Waals surface area contributed by atoms with Crippen molar-refractivity contribution in [2.45, 2.75) is 87.9 Å². The topological polar surface area (TPSA) is 109 Å². The van der Waals surface area contributed by atoms with Crippen molar-refractivity contribution in [3.63, 3.8) is 0 Å². The lowest BCUT2D eigenvalue weighted by molar-refractivity contribution is 0.0892. The number of amides is 1. The average molecular weight is 571 g/mol. The standard InChI is InChI=1S/C28H38N6O3S2/c1-18(2)27-32-31-19(3)34(27)23-16-21-10-11-22(17-23)33(21)13-12-25(26-9-6-14-38-26)30-28(35)20-7-5-8-24(15-20)39(36,37)29-4/h5-9,14-15,18,21-23,25,29H,10-13,16-17H2,1-4H3,(H,30,35)/t21-,22+,23?,25-/m0/s1. The van der Waals surface area contributed by atoms with Crippen molar-refractivity contribution in [1.82, 2.24) is 29.7 Å². The third-order valence-electron chi connectivity index (χ3n) is 8.18. The fraction of sp³-hybridized carbons (Fsp3) is 0.536. The third-order valence-corrected chi connectivity index (χ3v) is 10.6. The summed E-state index contributed by atoms with van der Waals surface area (Å²) >= 11 is 1.63. The minimum absolute atomic E-state index is 0.0775. The van der Waals surface area contributed by atoms with Crippen LogP contribution in [0.5, 0.6) is 0 Å². The van der Waals surface area contributed by atoms with Crippen molar-refractivity contribution < 1.29 is 13.2 Å². The predicted octanol–water partition coefficient (Wildman–Crippen LogP) is 4.41. The lowest BCUT2D eigenvalue weighted by atomic mass is 9.95. The van der Waals surface area contributed by atoms with E-state index >= 15 is 0 Å². The maximum Gasteiger partial charge on any atom is 0.251 e. The van der Waals surface area contributed by atoms with Crippen LogP contribution in [0.2, 0.25) is 0 Å². The second-order valence-corrected chi connectivity index (χ2v) is 13.8. The molecule has 1 aromatic carbocycles. The van der Waals surface area contributed by atoms with Crippen molar-refractivity contribution in [3.8, 4) is 0 Å².